The van der Waals surface area contributed by atoms with Crippen LogP contribution in [0.4, 0.5) is 5.00 Å². The van der Waals surface area contributed by atoms with Gasteiger partial charge in [0.15, 0.2) is 0 Å². The lowest BCUT2D eigenvalue weighted by Gasteiger charge is -2.22. The van der Waals surface area contributed by atoms with Gasteiger partial charge in [-0.25, -0.2) is 0 Å². The first-order valence-electron chi connectivity index (χ1n) is 10.7. The summed E-state index contributed by atoms with van der Waals surface area (Å²) in [7, 11) is 0. The number of nitrogens with zero attached hydrogens (tertiary/aromatic N) is 1. The molecule has 148 valence electrons. The molecule has 5 nitrogen and oxygen atoms in total. The third kappa shape index (κ3) is 4.21. The van der Waals surface area contributed by atoms with Crippen molar-refractivity contribution in [2.45, 2.75) is 76.7 Å². The second kappa shape index (κ2) is 8.74. The van der Waals surface area contributed by atoms with E-state index < -0.39 is 0 Å². The van der Waals surface area contributed by atoms with Gasteiger partial charge < -0.3 is 15.5 Å². The molecule has 0 spiro atoms. The summed E-state index contributed by atoms with van der Waals surface area (Å²) >= 11 is 1.65. The second-order valence-electron chi connectivity index (χ2n) is 8.11. The highest BCUT2D eigenvalue weighted by Crippen LogP contribution is 2.38. The minimum Gasteiger partial charge on any atom is -0.339 e. The summed E-state index contributed by atoms with van der Waals surface area (Å²) in [6.07, 6.45) is 12.1. The van der Waals surface area contributed by atoms with E-state index in [9.17, 15) is 9.59 Å². The minimum atomic E-state index is -0.118. The van der Waals surface area contributed by atoms with E-state index in [0.717, 1.165) is 75.1 Å². The van der Waals surface area contributed by atoms with Crippen molar-refractivity contribution in [3.8, 4) is 0 Å². The molecular formula is C21H31N3O2S. The standard InChI is InChI=1S/C21H31N3O2S/c25-19(16-10-8-12-22-16)23-20-18(15-9-4-3-5-11-17(15)27-20)21(26)24-13-6-1-2-7-14-24/h16,22H,1-14H2,(H,23,25)/t16-/m1/s1. The lowest BCUT2D eigenvalue weighted by Crippen LogP contribution is -2.36. The number of hydrogen-bond acceptors (Lipinski definition) is 4. The first-order valence-corrected chi connectivity index (χ1v) is 11.5. The molecule has 0 saturated carbocycles. The molecule has 2 aliphatic heterocycles. The highest BCUT2D eigenvalue weighted by Gasteiger charge is 2.30. The van der Waals surface area contributed by atoms with Gasteiger partial charge in [-0.2, -0.15) is 0 Å². The van der Waals surface area contributed by atoms with Crippen LogP contribution in [0.2, 0.25) is 0 Å². The first kappa shape index (κ1) is 18.9. The van der Waals surface area contributed by atoms with Crippen molar-refractivity contribution in [1.29, 1.82) is 0 Å². The highest BCUT2D eigenvalue weighted by atomic mass is 32.1. The maximum Gasteiger partial charge on any atom is 0.257 e. The van der Waals surface area contributed by atoms with E-state index in [0.29, 0.717) is 0 Å². The van der Waals surface area contributed by atoms with Crippen LogP contribution in [-0.2, 0) is 17.6 Å². The summed E-state index contributed by atoms with van der Waals surface area (Å²) in [6, 6.07) is -0.118. The van der Waals surface area contributed by atoms with Crippen molar-refractivity contribution in [2.75, 3.05) is 25.0 Å². The number of carbonyl (C=O) groups is 2. The monoisotopic (exact) mass is 389 g/mol. The van der Waals surface area contributed by atoms with Crippen molar-refractivity contribution in [3.05, 3.63) is 16.0 Å². The maximum absolute atomic E-state index is 13.5. The summed E-state index contributed by atoms with van der Waals surface area (Å²) in [4.78, 5) is 29.5. The summed E-state index contributed by atoms with van der Waals surface area (Å²) < 4.78 is 0. The van der Waals surface area contributed by atoms with Gasteiger partial charge in [0.1, 0.15) is 5.00 Å². The Morgan fingerprint density at radius 3 is 2.44 bits per heavy atom. The Hall–Kier alpha value is -1.40. The summed E-state index contributed by atoms with van der Waals surface area (Å²) in [5.41, 5.74) is 2.03. The molecule has 0 radical (unpaired) electrons. The van der Waals surface area contributed by atoms with Crippen LogP contribution < -0.4 is 10.6 Å². The van der Waals surface area contributed by atoms with E-state index in [1.54, 1.807) is 11.3 Å². The van der Waals surface area contributed by atoms with Crippen LogP contribution in [0.3, 0.4) is 0 Å². The van der Waals surface area contributed by atoms with E-state index in [4.69, 9.17) is 0 Å². The van der Waals surface area contributed by atoms with Crippen molar-refractivity contribution in [1.82, 2.24) is 10.2 Å². The molecule has 0 unspecified atom stereocenters. The number of anilines is 1. The molecule has 3 heterocycles. The van der Waals surface area contributed by atoms with Crippen LogP contribution in [-0.4, -0.2) is 42.4 Å². The Bertz CT molecular complexity index is 686. The number of fused-ring (bicyclic) bond motifs is 1. The molecule has 2 fully saturated rings. The fraction of sp³-hybridized carbons (Fsp3) is 0.714. The fourth-order valence-electron chi connectivity index (χ4n) is 4.60. The zero-order chi connectivity index (χ0) is 18.6. The molecule has 27 heavy (non-hydrogen) atoms. The van der Waals surface area contributed by atoms with E-state index >= 15 is 0 Å². The third-order valence-electron chi connectivity index (χ3n) is 6.14. The summed E-state index contributed by atoms with van der Waals surface area (Å²) in [5.74, 6) is 0.166. The molecule has 4 rings (SSSR count). The van der Waals surface area contributed by atoms with Gasteiger partial charge in [-0.05, 0) is 63.5 Å². The average Bonchev–Trinajstić information content (AvgIpc) is 3.14. The molecule has 1 atom stereocenters. The van der Waals surface area contributed by atoms with Gasteiger partial charge in [-0.15, -0.1) is 11.3 Å². The van der Waals surface area contributed by atoms with E-state index in [-0.39, 0.29) is 17.9 Å². The SMILES string of the molecule is O=C(Nc1sc2c(c1C(=O)N1CCCCCC1)CCCCC2)[C@H]1CCCN1. The molecule has 2 amide bonds. The second-order valence-corrected chi connectivity index (χ2v) is 9.22. The van der Waals surface area contributed by atoms with Crippen LogP contribution in [0.1, 0.15) is 78.6 Å². The number of nitrogens with one attached hydrogen (secondary N) is 2. The molecule has 3 aliphatic rings. The van der Waals surface area contributed by atoms with Gasteiger partial charge >= 0.3 is 0 Å². The smallest absolute Gasteiger partial charge is 0.257 e. The zero-order valence-electron chi connectivity index (χ0n) is 16.1. The van der Waals surface area contributed by atoms with Crippen LogP contribution >= 0.6 is 11.3 Å². The van der Waals surface area contributed by atoms with E-state index in [1.807, 2.05) is 4.90 Å². The molecule has 0 aromatic carbocycles. The van der Waals surface area contributed by atoms with Crippen LogP contribution in [0, 0.1) is 0 Å². The van der Waals surface area contributed by atoms with Crippen molar-refractivity contribution < 1.29 is 9.59 Å². The van der Waals surface area contributed by atoms with Gasteiger partial charge in [-0.3, -0.25) is 9.59 Å². The van der Waals surface area contributed by atoms with Crippen LogP contribution in [0.5, 0.6) is 0 Å². The average molecular weight is 390 g/mol. The molecular weight excluding hydrogens is 358 g/mol. The predicted molar refractivity (Wildman–Crippen MR) is 110 cm³/mol. The minimum absolute atomic E-state index is 0.0221. The lowest BCUT2D eigenvalue weighted by molar-refractivity contribution is -0.117. The Kier molecular flexibility index (Phi) is 6.13. The zero-order valence-corrected chi connectivity index (χ0v) is 17.0. The molecule has 0 bridgehead atoms. The van der Waals surface area contributed by atoms with Crippen molar-refractivity contribution in [2.24, 2.45) is 0 Å². The maximum atomic E-state index is 13.5. The molecule has 1 aliphatic carbocycles. The largest absolute Gasteiger partial charge is 0.339 e. The van der Waals surface area contributed by atoms with Gasteiger partial charge in [0.2, 0.25) is 5.91 Å². The van der Waals surface area contributed by atoms with Crippen molar-refractivity contribution in [3.63, 3.8) is 0 Å². The Balaban J connectivity index is 1.63. The lowest BCUT2D eigenvalue weighted by atomic mass is 10.0. The van der Waals surface area contributed by atoms with Gasteiger partial charge in [0.25, 0.3) is 5.91 Å². The number of amides is 2. The number of hydrogen-bond donors (Lipinski definition) is 2. The predicted octanol–water partition coefficient (Wildman–Crippen LogP) is 3.72. The number of aryl methyl sites for hydroxylation is 1. The first-order chi connectivity index (χ1) is 13.2. The van der Waals surface area contributed by atoms with Crippen LogP contribution in [0.15, 0.2) is 0 Å². The van der Waals surface area contributed by atoms with Gasteiger partial charge in [0, 0.05) is 18.0 Å². The Morgan fingerprint density at radius 2 is 1.70 bits per heavy atom. The van der Waals surface area contributed by atoms with Gasteiger partial charge in [-0.1, -0.05) is 19.3 Å². The normalized spacial score (nSPS) is 23.4. The number of thiophene rings is 1. The number of carbonyl (C=O) groups excluding carboxylic acids is 2. The van der Waals surface area contributed by atoms with E-state index in [1.165, 1.54) is 36.1 Å². The third-order valence-corrected chi connectivity index (χ3v) is 7.35. The number of likely N-dealkylation sites (tertiary alicyclic amines) is 1. The topological polar surface area (TPSA) is 61.4 Å². The quantitative estimate of drug-likeness (QED) is 0.775. The molecule has 2 N–H and O–H groups in total. The molecule has 6 heteroatoms. The molecule has 1 aromatic heterocycles. The fourth-order valence-corrected chi connectivity index (χ4v) is 5.88. The van der Waals surface area contributed by atoms with Crippen molar-refractivity contribution >= 4 is 28.2 Å². The number of rotatable bonds is 3. The highest BCUT2D eigenvalue weighted by molar-refractivity contribution is 7.17. The summed E-state index contributed by atoms with van der Waals surface area (Å²) in [5, 5.41) is 7.20. The Labute approximate surface area is 165 Å². The summed E-state index contributed by atoms with van der Waals surface area (Å²) in [6.45, 7) is 2.60. The van der Waals surface area contributed by atoms with Crippen LogP contribution in [0.25, 0.3) is 0 Å². The van der Waals surface area contributed by atoms with Gasteiger partial charge in [0.05, 0.1) is 11.6 Å². The Morgan fingerprint density at radius 1 is 0.963 bits per heavy atom. The molecule has 1 aromatic rings. The molecule has 2 saturated heterocycles. The van der Waals surface area contributed by atoms with E-state index in [2.05, 4.69) is 10.6 Å².